The number of fused-ring (bicyclic) bond motifs is 3. The van der Waals surface area contributed by atoms with Gasteiger partial charge in [0.2, 0.25) is 0 Å². The molecule has 3 aliphatic rings. The lowest BCUT2D eigenvalue weighted by molar-refractivity contribution is 0.0565. The van der Waals surface area contributed by atoms with E-state index >= 15 is 0 Å². The minimum atomic E-state index is 0.221. The van der Waals surface area contributed by atoms with Crippen molar-refractivity contribution < 1.29 is 4.79 Å². The minimum absolute atomic E-state index is 0.221. The van der Waals surface area contributed by atoms with Crippen molar-refractivity contribution >= 4 is 5.91 Å². The van der Waals surface area contributed by atoms with E-state index in [1.54, 1.807) is 0 Å². The Morgan fingerprint density at radius 2 is 1.88 bits per heavy atom. The van der Waals surface area contributed by atoms with Crippen LogP contribution >= 0.6 is 0 Å². The molecule has 0 bridgehead atoms. The highest BCUT2D eigenvalue weighted by Gasteiger charge is 2.46. The van der Waals surface area contributed by atoms with Crippen molar-refractivity contribution in [1.29, 1.82) is 0 Å². The molecule has 0 radical (unpaired) electrons. The molecule has 0 spiro atoms. The normalized spacial score (nSPS) is 26.5. The lowest BCUT2D eigenvalue weighted by Crippen LogP contribution is -2.51. The molecule has 0 unspecified atom stereocenters. The summed E-state index contributed by atoms with van der Waals surface area (Å²) in [6.07, 6.45) is 8.35. The summed E-state index contributed by atoms with van der Waals surface area (Å²) in [5, 5.41) is 0. The maximum absolute atomic E-state index is 12.9. The van der Waals surface area contributed by atoms with E-state index in [9.17, 15) is 4.79 Å². The first kappa shape index (κ1) is 14.2. The average Bonchev–Trinajstić information content (AvgIpc) is 3.11. The molecular weight excluding hydrogens is 300 g/mol. The Balaban J connectivity index is 1.42. The van der Waals surface area contributed by atoms with Crippen molar-refractivity contribution in [3.05, 3.63) is 54.1 Å². The highest BCUT2D eigenvalue weighted by molar-refractivity contribution is 5.94. The number of rotatable bonds is 4. The van der Waals surface area contributed by atoms with Gasteiger partial charge >= 0.3 is 0 Å². The molecule has 1 aliphatic carbocycles. The summed E-state index contributed by atoms with van der Waals surface area (Å²) in [5.41, 5.74) is 2.15. The Morgan fingerprint density at radius 3 is 2.67 bits per heavy atom. The van der Waals surface area contributed by atoms with Gasteiger partial charge in [-0.3, -0.25) is 14.7 Å². The van der Waals surface area contributed by atoms with E-state index in [0.717, 1.165) is 37.8 Å². The fourth-order valence-corrected chi connectivity index (χ4v) is 4.26. The highest BCUT2D eigenvalue weighted by atomic mass is 16.2. The van der Waals surface area contributed by atoms with Gasteiger partial charge in [-0.15, -0.1) is 0 Å². The summed E-state index contributed by atoms with van der Waals surface area (Å²) in [4.78, 5) is 21.7. The van der Waals surface area contributed by atoms with Crippen LogP contribution < -0.4 is 0 Å². The maximum Gasteiger partial charge on any atom is 0.270 e. The quantitative estimate of drug-likeness (QED) is 0.866. The van der Waals surface area contributed by atoms with Crippen molar-refractivity contribution in [1.82, 2.24) is 19.4 Å². The van der Waals surface area contributed by atoms with Crippen LogP contribution in [0.5, 0.6) is 0 Å². The number of nitrogens with zero attached hydrogens (tertiary/aromatic N) is 4. The van der Waals surface area contributed by atoms with Crippen molar-refractivity contribution in [2.45, 2.75) is 31.5 Å². The monoisotopic (exact) mass is 322 g/mol. The van der Waals surface area contributed by atoms with E-state index in [1.165, 1.54) is 18.4 Å². The zero-order valence-electron chi connectivity index (χ0n) is 13.7. The first-order valence-corrected chi connectivity index (χ1v) is 8.88. The van der Waals surface area contributed by atoms with E-state index in [-0.39, 0.29) is 5.91 Å². The lowest BCUT2D eigenvalue weighted by atomic mass is 10.1. The fraction of sp³-hybridized carbons (Fsp3) is 0.474. The van der Waals surface area contributed by atoms with E-state index in [4.69, 9.17) is 0 Å². The fourth-order valence-electron chi connectivity index (χ4n) is 4.26. The van der Waals surface area contributed by atoms with Gasteiger partial charge < -0.3 is 9.47 Å². The van der Waals surface area contributed by atoms with Gasteiger partial charge in [0.25, 0.3) is 5.91 Å². The van der Waals surface area contributed by atoms with Gasteiger partial charge in [0.05, 0.1) is 12.1 Å². The van der Waals surface area contributed by atoms with Crippen LogP contribution in [0.25, 0.3) is 0 Å². The molecular formula is C19H22N4O. The summed E-state index contributed by atoms with van der Waals surface area (Å²) in [6, 6.07) is 8.83. The molecule has 5 nitrogen and oxygen atoms in total. The maximum atomic E-state index is 12.9. The second-order valence-electron chi connectivity index (χ2n) is 7.39. The third kappa shape index (κ3) is 2.35. The van der Waals surface area contributed by atoms with Crippen LogP contribution in [0.4, 0.5) is 0 Å². The third-order valence-corrected chi connectivity index (χ3v) is 5.66. The Hall–Kier alpha value is -2.14. The van der Waals surface area contributed by atoms with Gasteiger partial charge in [-0.1, -0.05) is 0 Å². The predicted molar refractivity (Wildman–Crippen MR) is 90.5 cm³/mol. The van der Waals surface area contributed by atoms with Gasteiger partial charge in [0, 0.05) is 44.8 Å². The Labute approximate surface area is 141 Å². The Morgan fingerprint density at radius 1 is 1.08 bits per heavy atom. The molecule has 2 aromatic heterocycles. The van der Waals surface area contributed by atoms with E-state index in [1.807, 2.05) is 24.5 Å². The van der Waals surface area contributed by atoms with Crippen LogP contribution in [0.3, 0.4) is 0 Å². The molecule has 124 valence electrons. The number of hydrogen-bond acceptors (Lipinski definition) is 3. The molecule has 2 aromatic rings. The molecule has 1 amide bonds. The summed E-state index contributed by atoms with van der Waals surface area (Å²) in [5.74, 6) is 0.948. The first-order valence-electron chi connectivity index (χ1n) is 8.88. The zero-order valence-corrected chi connectivity index (χ0v) is 13.7. The van der Waals surface area contributed by atoms with E-state index < -0.39 is 0 Å². The van der Waals surface area contributed by atoms with Crippen molar-refractivity contribution in [2.75, 3.05) is 19.6 Å². The standard InChI is InChI=1S/C19H22N4O/c24-19-16-2-1-9-22(16)17-12-21(10-15-5-7-20-8-6-15)13-18(17)23(19)11-14-3-4-14/h1-2,5-9,14,17-18H,3-4,10-13H2/t17-,18-/m0/s1. The number of carbonyl (C=O) groups excluding carboxylic acids is 1. The van der Waals surface area contributed by atoms with Crippen LogP contribution in [0, 0.1) is 5.92 Å². The van der Waals surface area contributed by atoms with Crippen LogP contribution in [0.1, 0.15) is 34.9 Å². The zero-order chi connectivity index (χ0) is 16.1. The van der Waals surface area contributed by atoms with E-state index in [0.29, 0.717) is 12.1 Å². The molecule has 5 heteroatoms. The number of aromatic nitrogens is 2. The number of amides is 1. The van der Waals surface area contributed by atoms with Crippen molar-refractivity contribution in [3.8, 4) is 0 Å². The lowest BCUT2D eigenvalue weighted by Gasteiger charge is -2.38. The van der Waals surface area contributed by atoms with Crippen LogP contribution in [0.2, 0.25) is 0 Å². The second-order valence-corrected chi connectivity index (χ2v) is 7.39. The third-order valence-electron chi connectivity index (χ3n) is 5.66. The van der Waals surface area contributed by atoms with Crippen molar-refractivity contribution in [3.63, 3.8) is 0 Å². The van der Waals surface area contributed by atoms with Crippen LogP contribution in [-0.4, -0.2) is 50.9 Å². The topological polar surface area (TPSA) is 41.4 Å². The molecule has 2 atom stereocenters. The van der Waals surface area contributed by atoms with Gasteiger partial charge in [-0.05, 0) is 48.6 Å². The van der Waals surface area contributed by atoms with Gasteiger partial charge in [-0.2, -0.15) is 0 Å². The van der Waals surface area contributed by atoms with Crippen LogP contribution in [0.15, 0.2) is 42.9 Å². The SMILES string of the molecule is O=C1c2cccn2[C@H]2CN(Cc3ccncc3)C[C@@H]2N1CC1CC1. The van der Waals surface area contributed by atoms with Gasteiger partial charge in [0.1, 0.15) is 5.69 Å². The summed E-state index contributed by atoms with van der Waals surface area (Å²) in [7, 11) is 0. The predicted octanol–water partition coefficient (Wildman–Crippen LogP) is 2.17. The molecule has 1 saturated carbocycles. The van der Waals surface area contributed by atoms with E-state index in [2.05, 4.69) is 37.7 Å². The van der Waals surface area contributed by atoms with Crippen molar-refractivity contribution in [2.24, 2.45) is 5.92 Å². The number of likely N-dealkylation sites (tertiary alicyclic amines) is 1. The van der Waals surface area contributed by atoms with Crippen LogP contribution in [-0.2, 0) is 6.54 Å². The van der Waals surface area contributed by atoms with Gasteiger partial charge in [0.15, 0.2) is 0 Å². The summed E-state index contributed by atoms with van der Waals surface area (Å²) in [6.45, 7) is 3.83. The largest absolute Gasteiger partial charge is 0.337 e. The second kappa shape index (κ2) is 5.45. The average molecular weight is 322 g/mol. The molecule has 0 aromatic carbocycles. The summed E-state index contributed by atoms with van der Waals surface area (Å²) >= 11 is 0. The number of pyridine rings is 1. The van der Waals surface area contributed by atoms with Gasteiger partial charge in [-0.25, -0.2) is 0 Å². The molecule has 24 heavy (non-hydrogen) atoms. The summed E-state index contributed by atoms with van der Waals surface area (Å²) < 4.78 is 2.21. The molecule has 5 rings (SSSR count). The Kier molecular flexibility index (Phi) is 3.23. The number of carbonyl (C=O) groups is 1. The molecule has 0 N–H and O–H groups in total. The number of hydrogen-bond donors (Lipinski definition) is 0. The highest BCUT2D eigenvalue weighted by Crippen LogP contribution is 2.38. The molecule has 2 fully saturated rings. The molecule has 1 saturated heterocycles. The Bertz CT molecular complexity index is 752. The minimum Gasteiger partial charge on any atom is -0.337 e. The first-order chi connectivity index (χ1) is 11.8. The molecule has 4 heterocycles. The molecule has 2 aliphatic heterocycles. The smallest absolute Gasteiger partial charge is 0.270 e.